The number of aromatic nitrogens is 3. The largest absolute Gasteiger partial charge is 0.492 e. The first-order valence-electron chi connectivity index (χ1n) is 9.59. The van der Waals surface area contributed by atoms with Crippen LogP contribution in [0.3, 0.4) is 0 Å². The standard InChI is InChI=1S/C22H21N3O5/c1-14-17(24-21(29-14)16-7-3-2-4-8-16)13-28-19-11-10-15(12-23-19)6-5-9-18-20(26)25-22(27)30-18/h2-4,7-8,10-12,26H,5-6,9,13H2,1H3,(H,25,27). The Labute approximate surface area is 172 Å². The summed E-state index contributed by atoms with van der Waals surface area (Å²) in [5, 5.41) is 9.51. The molecule has 3 aromatic heterocycles. The molecule has 0 aliphatic rings. The van der Waals surface area contributed by atoms with Crippen LogP contribution in [-0.2, 0) is 19.4 Å². The van der Waals surface area contributed by atoms with Gasteiger partial charge in [-0.2, -0.15) is 0 Å². The Balaban J connectivity index is 1.30. The number of rotatable bonds is 8. The zero-order valence-electron chi connectivity index (χ0n) is 16.4. The van der Waals surface area contributed by atoms with E-state index >= 15 is 0 Å². The zero-order valence-corrected chi connectivity index (χ0v) is 16.4. The van der Waals surface area contributed by atoms with Crippen LogP contribution in [0.15, 0.2) is 62.3 Å². The first-order chi connectivity index (χ1) is 14.6. The molecule has 154 valence electrons. The van der Waals surface area contributed by atoms with Crippen molar-refractivity contribution in [1.29, 1.82) is 0 Å². The summed E-state index contributed by atoms with van der Waals surface area (Å²) in [6, 6.07) is 13.4. The average molecular weight is 407 g/mol. The van der Waals surface area contributed by atoms with Gasteiger partial charge in [0.05, 0.1) is 0 Å². The number of nitrogens with one attached hydrogen (secondary N) is 1. The van der Waals surface area contributed by atoms with Gasteiger partial charge < -0.3 is 18.7 Å². The number of aromatic amines is 1. The molecule has 0 radical (unpaired) electrons. The SMILES string of the molecule is Cc1oc(-c2ccccc2)nc1COc1ccc(CCCc2oc(=O)[nH]c2O)cn1. The summed E-state index contributed by atoms with van der Waals surface area (Å²) in [5.41, 5.74) is 2.66. The van der Waals surface area contributed by atoms with Gasteiger partial charge in [-0.25, -0.2) is 14.8 Å². The molecule has 0 unspecified atom stereocenters. The Bertz CT molecular complexity index is 1160. The first kappa shape index (κ1) is 19.5. The van der Waals surface area contributed by atoms with Crippen LogP contribution in [0.25, 0.3) is 11.5 Å². The molecule has 0 spiro atoms. The van der Waals surface area contributed by atoms with E-state index in [-0.39, 0.29) is 18.2 Å². The molecule has 0 saturated heterocycles. The fourth-order valence-electron chi connectivity index (χ4n) is 3.03. The van der Waals surface area contributed by atoms with E-state index in [0.717, 1.165) is 23.2 Å². The Morgan fingerprint density at radius 2 is 1.93 bits per heavy atom. The number of H-pyrrole nitrogens is 1. The lowest BCUT2D eigenvalue weighted by molar-refractivity contribution is 0.287. The molecule has 0 fully saturated rings. The van der Waals surface area contributed by atoms with Crippen molar-refractivity contribution in [2.45, 2.75) is 32.8 Å². The minimum atomic E-state index is -0.649. The lowest BCUT2D eigenvalue weighted by Gasteiger charge is -2.05. The van der Waals surface area contributed by atoms with Gasteiger partial charge in [-0.05, 0) is 37.5 Å². The van der Waals surface area contributed by atoms with Crippen LogP contribution in [0.5, 0.6) is 11.8 Å². The number of benzene rings is 1. The topological polar surface area (TPSA) is 114 Å². The number of aryl methyl sites for hydroxylation is 3. The number of hydrogen-bond donors (Lipinski definition) is 2. The number of oxazole rings is 2. The molecule has 0 aliphatic heterocycles. The second-order valence-electron chi connectivity index (χ2n) is 6.82. The lowest BCUT2D eigenvalue weighted by Crippen LogP contribution is -2.00. The van der Waals surface area contributed by atoms with Crippen molar-refractivity contribution < 1.29 is 18.7 Å². The highest BCUT2D eigenvalue weighted by atomic mass is 16.5. The van der Waals surface area contributed by atoms with Crippen LogP contribution in [-0.4, -0.2) is 20.1 Å². The highest BCUT2D eigenvalue weighted by molar-refractivity contribution is 5.53. The van der Waals surface area contributed by atoms with Crippen LogP contribution >= 0.6 is 0 Å². The number of ether oxygens (including phenoxy) is 1. The monoisotopic (exact) mass is 407 g/mol. The van der Waals surface area contributed by atoms with Gasteiger partial charge >= 0.3 is 5.76 Å². The third-order valence-corrected chi connectivity index (χ3v) is 4.64. The van der Waals surface area contributed by atoms with E-state index in [1.165, 1.54) is 0 Å². The molecule has 0 bridgehead atoms. The maximum atomic E-state index is 11.0. The molecule has 4 rings (SSSR count). The molecule has 30 heavy (non-hydrogen) atoms. The van der Waals surface area contributed by atoms with Crippen molar-refractivity contribution in [3.63, 3.8) is 0 Å². The molecule has 1 aromatic carbocycles. The molecule has 0 aliphatic carbocycles. The molecule has 0 saturated carbocycles. The molecule has 4 aromatic rings. The van der Waals surface area contributed by atoms with Gasteiger partial charge in [-0.1, -0.05) is 24.3 Å². The van der Waals surface area contributed by atoms with Gasteiger partial charge in [0.15, 0.2) is 5.76 Å². The summed E-state index contributed by atoms with van der Waals surface area (Å²) in [4.78, 5) is 22.1. The molecule has 0 amide bonds. The van der Waals surface area contributed by atoms with Crippen LogP contribution in [0, 0.1) is 6.92 Å². The quantitative estimate of drug-likeness (QED) is 0.457. The van der Waals surface area contributed by atoms with Crippen molar-refractivity contribution >= 4 is 0 Å². The highest BCUT2D eigenvalue weighted by Gasteiger charge is 2.12. The van der Waals surface area contributed by atoms with Gasteiger partial charge in [0.25, 0.3) is 0 Å². The Morgan fingerprint density at radius 1 is 1.10 bits per heavy atom. The first-order valence-corrected chi connectivity index (χ1v) is 9.59. The second-order valence-corrected chi connectivity index (χ2v) is 6.82. The Hall–Kier alpha value is -3.81. The van der Waals surface area contributed by atoms with E-state index in [4.69, 9.17) is 13.6 Å². The molecule has 8 heteroatoms. The van der Waals surface area contributed by atoms with Gasteiger partial charge in [-0.3, -0.25) is 4.98 Å². The van der Waals surface area contributed by atoms with Crippen LogP contribution in [0.4, 0.5) is 0 Å². The molecule has 2 N–H and O–H groups in total. The molecule has 8 nitrogen and oxygen atoms in total. The maximum Gasteiger partial charge on any atom is 0.419 e. The van der Waals surface area contributed by atoms with Gasteiger partial charge in [-0.15, -0.1) is 0 Å². The second kappa shape index (κ2) is 8.69. The number of aromatic hydroxyl groups is 1. The average Bonchev–Trinajstić information content (AvgIpc) is 3.29. The summed E-state index contributed by atoms with van der Waals surface area (Å²) in [7, 11) is 0. The minimum Gasteiger partial charge on any atom is -0.492 e. The van der Waals surface area contributed by atoms with E-state index < -0.39 is 5.76 Å². The molecule has 3 heterocycles. The fraction of sp³-hybridized carbons (Fsp3) is 0.227. The molecule has 0 atom stereocenters. The Morgan fingerprint density at radius 3 is 2.63 bits per heavy atom. The van der Waals surface area contributed by atoms with Crippen molar-refractivity contribution in [2.24, 2.45) is 0 Å². The lowest BCUT2D eigenvalue weighted by atomic mass is 10.1. The summed E-state index contributed by atoms with van der Waals surface area (Å²) in [5.74, 6) is 1.19. The summed E-state index contributed by atoms with van der Waals surface area (Å²) < 4.78 is 16.4. The van der Waals surface area contributed by atoms with Crippen molar-refractivity contribution in [3.8, 4) is 23.2 Å². The Kier molecular flexibility index (Phi) is 5.65. The number of pyridine rings is 1. The normalized spacial score (nSPS) is 11.0. The highest BCUT2D eigenvalue weighted by Crippen LogP contribution is 2.22. The van der Waals surface area contributed by atoms with E-state index in [9.17, 15) is 9.90 Å². The van der Waals surface area contributed by atoms with Crippen LogP contribution in [0.2, 0.25) is 0 Å². The summed E-state index contributed by atoms with van der Waals surface area (Å²) in [6.45, 7) is 2.12. The number of hydrogen-bond acceptors (Lipinski definition) is 7. The van der Waals surface area contributed by atoms with Crippen molar-refractivity contribution in [2.75, 3.05) is 0 Å². The van der Waals surface area contributed by atoms with Crippen LogP contribution in [0.1, 0.15) is 29.2 Å². The van der Waals surface area contributed by atoms with Gasteiger partial charge in [0.1, 0.15) is 18.1 Å². The van der Waals surface area contributed by atoms with E-state index in [2.05, 4.69) is 15.0 Å². The van der Waals surface area contributed by atoms with Gasteiger partial charge in [0, 0.05) is 24.2 Å². The summed E-state index contributed by atoms with van der Waals surface area (Å²) in [6.07, 6.45) is 3.63. The predicted molar refractivity (Wildman–Crippen MR) is 108 cm³/mol. The maximum absolute atomic E-state index is 11.0. The van der Waals surface area contributed by atoms with E-state index in [1.54, 1.807) is 12.3 Å². The van der Waals surface area contributed by atoms with Crippen LogP contribution < -0.4 is 10.5 Å². The van der Waals surface area contributed by atoms with E-state index in [0.29, 0.717) is 30.4 Å². The predicted octanol–water partition coefficient (Wildman–Crippen LogP) is 3.79. The number of nitrogens with zero attached hydrogens (tertiary/aromatic N) is 2. The smallest absolute Gasteiger partial charge is 0.419 e. The molecular formula is C22H21N3O5. The summed E-state index contributed by atoms with van der Waals surface area (Å²) >= 11 is 0. The minimum absolute atomic E-state index is 0.208. The fourth-order valence-corrected chi connectivity index (χ4v) is 3.03. The van der Waals surface area contributed by atoms with E-state index in [1.807, 2.05) is 43.3 Å². The third-order valence-electron chi connectivity index (χ3n) is 4.64. The third kappa shape index (κ3) is 4.60. The van der Waals surface area contributed by atoms with Crippen molar-refractivity contribution in [1.82, 2.24) is 15.0 Å². The van der Waals surface area contributed by atoms with Gasteiger partial charge in [0.2, 0.25) is 17.7 Å². The molecular weight excluding hydrogens is 386 g/mol. The zero-order chi connectivity index (χ0) is 20.9. The van der Waals surface area contributed by atoms with Crippen molar-refractivity contribution in [3.05, 3.63) is 82.0 Å².